The summed E-state index contributed by atoms with van der Waals surface area (Å²) in [5.41, 5.74) is 0.471. The zero-order valence-corrected chi connectivity index (χ0v) is 6.88. The zero-order chi connectivity index (χ0) is 7.73. The van der Waals surface area contributed by atoms with Gasteiger partial charge in [-0.05, 0) is 37.5 Å². The van der Waals surface area contributed by atoms with Gasteiger partial charge >= 0.3 is 0 Å². The van der Waals surface area contributed by atoms with Crippen LogP contribution in [0.4, 0.5) is 0 Å². The molecule has 1 aliphatic carbocycles. The van der Waals surface area contributed by atoms with Crippen molar-refractivity contribution < 1.29 is 9.84 Å². The molecule has 0 aromatic heterocycles. The minimum atomic E-state index is -0.0266. The van der Waals surface area contributed by atoms with Gasteiger partial charge in [0.2, 0.25) is 0 Å². The molecule has 1 N–H and O–H groups in total. The number of hydrogen-bond donors (Lipinski definition) is 1. The lowest BCUT2D eigenvalue weighted by atomic mass is 9.73. The van der Waals surface area contributed by atoms with Crippen LogP contribution in [0.25, 0.3) is 0 Å². The lowest BCUT2D eigenvalue weighted by Crippen LogP contribution is -2.29. The minimum absolute atomic E-state index is 0.0266. The highest BCUT2D eigenvalue weighted by atomic mass is 16.5. The van der Waals surface area contributed by atoms with E-state index in [-0.39, 0.29) is 6.10 Å². The predicted octanol–water partition coefficient (Wildman–Crippen LogP) is 1.33. The van der Waals surface area contributed by atoms with Crippen molar-refractivity contribution in [2.75, 3.05) is 13.2 Å². The average Bonchev–Trinajstić information content (AvgIpc) is 2.45. The first-order valence-electron chi connectivity index (χ1n) is 4.57. The quantitative estimate of drug-likeness (QED) is 0.573. The van der Waals surface area contributed by atoms with Gasteiger partial charge in [0, 0.05) is 6.61 Å². The Morgan fingerprint density at radius 3 is 2.45 bits per heavy atom. The van der Waals surface area contributed by atoms with Crippen molar-refractivity contribution >= 4 is 0 Å². The molecule has 2 aliphatic rings. The first-order valence-corrected chi connectivity index (χ1v) is 4.57. The predicted molar refractivity (Wildman–Crippen MR) is 42.3 cm³/mol. The monoisotopic (exact) mass is 156 g/mol. The molecule has 0 aromatic rings. The highest BCUT2D eigenvalue weighted by molar-refractivity contribution is 4.88. The van der Waals surface area contributed by atoms with E-state index in [9.17, 15) is 5.11 Å². The number of aliphatic hydroxyl groups excluding tert-OH is 1. The van der Waals surface area contributed by atoms with Crippen LogP contribution in [0.3, 0.4) is 0 Å². The van der Waals surface area contributed by atoms with Gasteiger partial charge in [0.05, 0.1) is 12.7 Å². The lowest BCUT2D eigenvalue weighted by Gasteiger charge is -2.33. The van der Waals surface area contributed by atoms with Gasteiger partial charge in [-0.1, -0.05) is 0 Å². The Balaban J connectivity index is 1.94. The number of hydrogen-bond acceptors (Lipinski definition) is 2. The molecule has 0 amide bonds. The van der Waals surface area contributed by atoms with Gasteiger partial charge in [-0.3, -0.25) is 0 Å². The molecule has 64 valence electrons. The van der Waals surface area contributed by atoms with Crippen LogP contribution in [0, 0.1) is 5.41 Å². The van der Waals surface area contributed by atoms with Crippen molar-refractivity contribution in [1.82, 2.24) is 0 Å². The topological polar surface area (TPSA) is 29.5 Å². The molecule has 11 heavy (non-hydrogen) atoms. The van der Waals surface area contributed by atoms with E-state index < -0.39 is 0 Å². The van der Waals surface area contributed by atoms with Crippen LogP contribution in [0.2, 0.25) is 0 Å². The van der Waals surface area contributed by atoms with Gasteiger partial charge in [0.25, 0.3) is 0 Å². The van der Waals surface area contributed by atoms with Crippen LogP contribution in [-0.2, 0) is 4.74 Å². The van der Waals surface area contributed by atoms with E-state index in [0.717, 1.165) is 26.1 Å². The standard InChI is InChI=1S/C9H16O2/c10-8-1-3-9(4-2-8)5-6-11-7-9/h8,10H,1-7H2. The van der Waals surface area contributed by atoms with Crippen molar-refractivity contribution in [2.45, 2.75) is 38.2 Å². The normalized spacial score (nSPS) is 45.0. The summed E-state index contributed by atoms with van der Waals surface area (Å²) in [7, 11) is 0. The van der Waals surface area contributed by atoms with Crippen LogP contribution < -0.4 is 0 Å². The maximum atomic E-state index is 9.31. The SMILES string of the molecule is OC1CCC2(CCOC2)CC1. The third kappa shape index (κ3) is 1.42. The Labute approximate surface area is 67.6 Å². The molecule has 1 aliphatic heterocycles. The van der Waals surface area contributed by atoms with Crippen LogP contribution in [-0.4, -0.2) is 24.4 Å². The maximum Gasteiger partial charge on any atom is 0.0540 e. The second kappa shape index (κ2) is 2.76. The Morgan fingerprint density at radius 1 is 1.18 bits per heavy atom. The van der Waals surface area contributed by atoms with E-state index in [1.807, 2.05) is 0 Å². The fraction of sp³-hybridized carbons (Fsp3) is 1.00. The van der Waals surface area contributed by atoms with Crippen LogP contribution >= 0.6 is 0 Å². The number of aliphatic hydroxyl groups is 1. The summed E-state index contributed by atoms with van der Waals surface area (Å²) >= 11 is 0. The van der Waals surface area contributed by atoms with Gasteiger partial charge in [-0.2, -0.15) is 0 Å². The van der Waals surface area contributed by atoms with Crippen LogP contribution in [0.15, 0.2) is 0 Å². The third-order valence-electron chi connectivity index (χ3n) is 3.20. The minimum Gasteiger partial charge on any atom is -0.393 e. The largest absolute Gasteiger partial charge is 0.393 e. The van der Waals surface area contributed by atoms with Crippen LogP contribution in [0.5, 0.6) is 0 Å². The first kappa shape index (κ1) is 7.56. The first-order chi connectivity index (χ1) is 5.31. The van der Waals surface area contributed by atoms with E-state index in [4.69, 9.17) is 4.74 Å². The van der Waals surface area contributed by atoms with Crippen molar-refractivity contribution in [1.29, 1.82) is 0 Å². The van der Waals surface area contributed by atoms with Gasteiger partial charge < -0.3 is 9.84 Å². The summed E-state index contributed by atoms with van der Waals surface area (Å²) in [4.78, 5) is 0. The molecule has 1 spiro atoms. The molecule has 1 heterocycles. The molecule has 0 aromatic carbocycles. The molecular formula is C9H16O2. The molecule has 1 saturated carbocycles. The fourth-order valence-electron chi connectivity index (χ4n) is 2.26. The summed E-state index contributed by atoms with van der Waals surface area (Å²) in [6.07, 6.45) is 5.52. The third-order valence-corrected chi connectivity index (χ3v) is 3.20. The highest BCUT2D eigenvalue weighted by Gasteiger charge is 2.37. The average molecular weight is 156 g/mol. The maximum absolute atomic E-state index is 9.31. The molecule has 0 atom stereocenters. The van der Waals surface area contributed by atoms with Crippen molar-refractivity contribution in [3.8, 4) is 0 Å². The second-order valence-electron chi connectivity index (χ2n) is 4.03. The molecule has 0 unspecified atom stereocenters. The van der Waals surface area contributed by atoms with E-state index in [1.54, 1.807) is 0 Å². The molecule has 2 rings (SSSR count). The van der Waals surface area contributed by atoms with Crippen LogP contribution in [0.1, 0.15) is 32.1 Å². The second-order valence-corrected chi connectivity index (χ2v) is 4.03. The van der Waals surface area contributed by atoms with Crippen molar-refractivity contribution in [2.24, 2.45) is 5.41 Å². The molecule has 1 saturated heterocycles. The Hall–Kier alpha value is -0.0800. The number of ether oxygens (including phenoxy) is 1. The van der Waals surface area contributed by atoms with E-state index in [2.05, 4.69) is 0 Å². The molecule has 0 bridgehead atoms. The molecule has 2 fully saturated rings. The smallest absolute Gasteiger partial charge is 0.0540 e. The van der Waals surface area contributed by atoms with Gasteiger partial charge in [-0.25, -0.2) is 0 Å². The van der Waals surface area contributed by atoms with E-state index in [0.29, 0.717) is 5.41 Å². The summed E-state index contributed by atoms with van der Waals surface area (Å²) in [6, 6.07) is 0. The molecule has 2 nitrogen and oxygen atoms in total. The highest BCUT2D eigenvalue weighted by Crippen LogP contribution is 2.42. The van der Waals surface area contributed by atoms with Gasteiger partial charge in [0.1, 0.15) is 0 Å². The summed E-state index contributed by atoms with van der Waals surface area (Å²) in [5.74, 6) is 0. The number of rotatable bonds is 0. The van der Waals surface area contributed by atoms with E-state index >= 15 is 0 Å². The van der Waals surface area contributed by atoms with Crippen molar-refractivity contribution in [3.05, 3.63) is 0 Å². The Kier molecular flexibility index (Phi) is 1.90. The van der Waals surface area contributed by atoms with Gasteiger partial charge in [0.15, 0.2) is 0 Å². The Bertz CT molecular complexity index is 128. The Morgan fingerprint density at radius 2 is 1.91 bits per heavy atom. The zero-order valence-electron chi connectivity index (χ0n) is 6.88. The summed E-state index contributed by atoms with van der Waals surface area (Å²) in [5, 5.41) is 9.31. The molecular weight excluding hydrogens is 140 g/mol. The molecule has 0 radical (unpaired) electrons. The van der Waals surface area contributed by atoms with Crippen molar-refractivity contribution in [3.63, 3.8) is 0 Å². The fourth-order valence-corrected chi connectivity index (χ4v) is 2.26. The van der Waals surface area contributed by atoms with E-state index in [1.165, 1.54) is 19.3 Å². The lowest BCUT2D eigenvalue weighted by molar-refractivity contribution is 0.0521. The van der Waals surface area contributed by atoms with Gasteiger partial charge in [-0.15, -0.1) is 0 Å². The molecule has 2 heteroatoms. The summed E-state index contributed by atoms with van der Waals surface area (Å²) in [6.45, 7) is 1.88. The summed E-state index contributed by atoms with van der Waals surface area (Å²) < 4.78 is 5.39.